The summed E-state index contributed by atoms with van der Waals surface area (Å²) in [6.45, 7) is 0. The fourth-order valence-corrected chi connectivity index (χ4v) is 3.10. The predicted molar refractivity (Wildman–Crippen MR) is 110 cm³/mol. The Labute approximate surface area is 162 Å². The Morgan fingerprint density at radius 2 is 1.71 bits per heavy atom. The van der Waals surface area contributed by atoms with Crippen LogP contribution in [0.5, 0.6) is 5.75 Å². The Hall–Kier alpha value is -3.86. The van der Waals surface area contributed by atoms with Gasteiger partial charge in [0, 0.05) is 16.6 Å². The van der Waals surface area contributed by atoms with Crippen molar-refractivity contribution in [1.82, 2.24) is 4.98 Å². The first-order chi connectivity index (χ1) is 13.7. The number of methoxy groups -OCH3 is 1. The molecule has 5 nitrogen and oxygen atoms in total. The minimum atomic E-state index is -0.947. The molecule has 0 fully saturated rings. The molecule has 3 aromatic carbocycles. The van der Waals surface area contributed by atoms with Crippen molar-refractivity contribution in [3.05, 3.63) is 84.4 Å². The maximum atomic E-state index is 11.1. The summed E-state index contributed by atoms with van der Waals surface area (Å²) < 4.78 is 5.51. The second kappa shape index (κ2) is 7.40. The number of para-hydroxylation sites is 1. The molecule has 0 aliphatic heterocycles. The average molecular weight is 370 g/mol. The van der Waals surface area contributed by atoms with Gasteiger partial charge in [0.25, 0.3) is 0 Å². The first kappa shape index (κ1) is 17.5. The van der Waals surface area contributed by atoms with E-state index in [0.29, 0.717) is 5.75 Å². The Bertz CT molecular complexity index is 1140. The topological polar surface area (TPSA) is 71.5 Å². The Morgan fingerprint density at radius 3 is 2.39 bits per heavy atom. The fourth-order valence-electron chi connectivity index (χ4n) is 3.10. The van der Waals surface area contributed by atoms with Gasteiger partial charge in [-0.05, 0) is 36.4 Å². The van der Waals surface area contributed by atoms with Gasteiger partial charge in [-0.3, -0.25) is 0 Å². The highest BCUT2D eigenvalue weighted by atomic mass is 16.5. The first-order valence-electron chi connectivity index (χ1n) is 8.79. The van der Waals surface area contributed by atoms with Gasteiger partial charge in [-0.15, -0.1) is 0 Å². The van der Waals surface area contributed by atoms with Gasteiger partial charge < -0.3 is 15.2 Å². The number of carboxylic acids is 1. The van der Waals surface area contributed by atoms with Crippen molar-refractivity contribution in [1.29, 1.82) is 0 Å². The normalized spacial score (nSPS) is 10.6. The number of rotatable bonds is 5. The van der Waals surface area contributed by atoms with Gasteiger partial charge in [-0.1, -0.05) is 42.5 Å². The molecular weight excluding hydrogens is 352 g/mol. The number of hydrogen-bond donors (Lipinski definition) is 2. The summed E-state index contributed by atoms with van der Waals surface area (Å²) in [6.07, 6.45) is 0. The number of fused-ring (bicyclic) bond motifs is 1. The zero-order chi connectivity index (χ0) is 19.5. The van der Waals surface area contributed by atoms with Crippen molar-refractivity contribution in [2.45, 2.75) is 0 Å². The number of anilines is 2. The standard InChI is InChI=1S/C23H18N2O3/c1-28-21-9-5-8-18-20(24-17-12-10-16(11-13-17)23(26)27)14-19(25-22(18)21)15-6-3-2-4-7-15/h2-14H,1H3,(H,24,25)(H,26,27). The number of benzene rings is 3. The molecule has 2 N–H and O–H groups in total. The maximum Gasteiger partial charge on any atom is 0.335 e. The fraction of sp³-hybridized carbons (Fsp3) is 0.0435. The van der Waals surface area contributed by atoms with Crippen molar-refractivity contribution in [3.63, 3.8) is 0 Å². The number of carbonyl (C=O) groups is 1. The molecule has 0 spiro atoms. The van der Waals surface area contributed by atoms with Crippen molar-refractivity contribution >= 4 is 28.2 Å². The number of hydrogen-bond acceptors (Lipinski definition) is 4. The first-order valence-corrected chi connectivity index (χ1v) is 8.79. The molecule has 0 unspecified atom stereocenters. The lowest BCUT2D eigenvalue weighted by atomic mass is 10.1. The quantitative estimate of drug-likeness (QED) is 0.495. The van der Waals surface area contributed by atoms with Gasteiger partial charge in [-0.2, -0.15) is 0 Å². The minimum absolute atomic E-state index is 0.247. The third-order valence-corrected chi connectivity index (χ3v) is 4.50. The SMILES string of the molecule is COc1cccc2c(Nc3ccc(C(=O)O)cc3)cc(-c3ccccc3)nc12. The lowest BCUT2D eigenvalue weighted by Crippen LogP contribution is -1.98. The van der Waals surface area contributed by atoms with E-state index in [1.165, 1.54) is 0 Å². The van der Waals surface area contributed by atoms with E-state index < -0.39 is 5.97 Å². The average Bonchev–Trinajstić information content (AvgIpc) is 2.74. The van der Waals surface area contributed by atoms with Crippen molar-refractivity contribution < 1.29 is 14.6 Å². The molecule has 0 aliphatic rings. The van der Waals surface area contributed by atoms with Crippen molar-refractivity contribution in [3.8, 4) is 17.0 Å². The van der Waals surface area contributed by atoms with E-state index in [9.17, 15) is 4.79 Å². The monoisotopic (exact) mass is 370 g/mol. The van der Waals surface area contributed by atoms with E-state index in [4.69, 9.17) is 14.8 Å². The highest BCUT2D eigenvalue weighted by Gasteiger charge is 2.12. The second-order valence-electron chi connectivity index (χ2n) is 6.29. The Balaban J connectivity index is 1.85. The van der Waals surface area contributed by atoms with Crippen LogP contribution in [0.25, 0.3) is 22.2 Å². The number of aromatic nitrogens is 1. The molecule has 1 aromatic heterocycles. The van der Waals surface area contributed by atoms with Crippen molar-refractivity contribution in [2.75, 3.05) is 12.4 Å². The molecule has 0 amide bonds. The number of aromatic carboxylic acids is 1. The van der Waals surface area contributed by atoms with Crippen molar-refractivity contribution in [2.24, 2.45) is 0 Å². The summed E-state index contributed by atoms with van der Waals surface area (Å²) in [7, 11) is 1.63. The van der Waals surface area contributed by atoms with Crippen LogP contribution in [0.2, 0.25) is 0 Å². The van der Waals surface area contributed by atoms with Crippen LogP contribution in [0.1, 0.15) is 10.4 Å². The van der Waals surface area contributed by atoms with Crippen LogP contribution in [0.3, 0.4) is 0 Å². The van der Waals surface area contributed by atoms with Crippen LogP contribution in [-0.2, 0) is 0 Å². The van der Waals surface area contributed by atoms with Gasteiger partial charge in [0.05, 0.1) is 24.1 Å². The highest BCUT2D eigenvalue weighted by Crippen LogP contribution is 2.34. The summed E-state index contributed by atoms with van der Waals surface area (Å²) in [5.74, 6) is -0.253. The number of pyridine rings is 1. The summed E-state index contributed by atoms with van der Waals surface area (Å²) in [6, 6.07) is 24.4. The van der Waals surface area contributed by atoms with Crippen LogP contribution < -0.4 is 10.1 Å². The molecular formula is C23H18N2O3. The third kappa shape index (κ3) is 3.38. The van der Waals surface area contributed by atoms with Gasteiger partial charge >= 0.3 is 5.97 Å². The van der Waals surface area contributed by atoms with Crippen LogP contribution in [0, 0.1) is 0 Å². The molecule has 28 heavy (non-hydrogen) atoms. The molecule has 0 saturated carbocycles. The molecule has 0 bridgehead atoms. The number of nitrogens with zero attached hydrogens (tertiary/aromatic N) is 1. The molecule has 5 heteroatoms. The van der Waals surface area contributed by atoms with Crippen LogP contribution in [0.15, 0.2) is 78.9 Å². The summed E-state index contributed by atoms with van der Waals surface area (Å²) in [5.41, 5.74) is 4.49. The molecule has 0 saturated heterocycles. The molecule has 0 atom stereocenters. The Kier molecular flexibility index (Phi) is 4.64. The Morgan fingerprint density at radius 1 is 0.964 bits per heavy atom. The molecule has 138 valence electrons. The summed E-state index contributed by atoms with van der Waals surface area (Å²) in [5, 5.41) is 13.4. The maximum absolute atomic E-state index is 11.1. The second-order valence-corrected chi connectivity index (χ2v) is 6.29. The third-order valence-electron chi connectivity index (χ3n) is 4.50. The van der Waals surface area contributed by atoms with E-state index in [1.54, 1.807) is 31.4 Å². The smallest absolute Gasteiger partial charge is 0.335 e. The lowest BCUT2D eigenvalue weighted by Gasteiger charge is -2.14. The van der Waals surface area contributed by atoms with Crippen LogP contribution >= 0.6 is 0 Å². The summed E-state index contributed by atoms with van der Waals surface area (Å²) >= 11 is 0. The molecule has 0 aliphatic carbocycles. The zero-order valence-electron chi connectivity index (χ0n) is 15.2. The van der Waals surface area contributed by atoms with Gasteiger partial charge in [-0.25, -0.2) is 9.78 Å². The van der Waals surface area contributed by atoms with Gasteiger partial charge in [0.2, 0.25) is 0 Å². The van der Waals surface area contributed by atoms with E-state index >= 15 is 0 Å². The zero-order valence-corrected chi connectivity index (χ0v) is 15.2. The molecule has 4 aromatic rings. The largest absolute Gasteiger partial charge is 0.494 e. The summed E-state index contributed by atoms with van der Waals surface area (Å²) in [4.78, 5) is 15.9. The van der Waals surface area contributed by atoms with E-state index in [2.05, 4.69) is 5.32 Å². The van der Waals surface area contributed by atoms with Gasteiger partial charge in [0.15, 0.2) is 0 Å². The molecule has 1 heterocycles. The number of nitrogens with one attached hydrogen (secondary N) is 1. The number of ether oxygens (including phenoxy) is 1. The van der Waals surface area contributed by atoms with E-state index in [-0.39, 0.29) is 5.56 Å². The van der Waals surface area contributed by atoms with Crippen LogP contribution in [-0.4, -0.2) is 23.2 Å². The lowest BCUT2D eigenvalue weighted by molar-refractivity contribution is 0.0697. The minimum Gasteiger partial charge on any atom is -0.494 e. The highest BCUT2D eigenvalue weighted by molar-refractivity contribution is 5.98. The predicted octanol–water partition coefficient (Wildman–Crippen LogP) is 5.35. The van der Waals surface area contributed by atoms with Gasteiger partial charge in [0.1, 0.15) is 11.3 Å². The van der Waals surface area contributed by atoms with E-state index in [1.807, 2.05) is 54.6 Å². The van der Waals surface area contributed by atoms with Crippen LogP contribution in [0.4, 0.5) is 11.4 Å². The molecule has 4 rings (SSSR count). The van der Waals surface area contributed by atoms with E-state index in [0.717, 1.165) is 33.5 Å². The number of carboxylic acid groups (broad SMARTS) is 1. The molecule has 0 radical (unpaired) electrons.